The maximum absolute atomic E-state index is 7.21. The zero-order valence-electron chi connectivity index (χ0n) is 15.0. The van der Waals surface area contributed by atoms with Crippen molar-refractivity contribution in [3.8, 4) is 5.69 Å². The van der Waals surface area contributed by atoms with Gasteiger partial charge in [-0.2, -0.15) is 0 Å². The Morgan fingerprint density at radius 1 is 0.679 bits per heavy atom. The van der Waals surface area contributed by atoms with Gasteiger partial charge in [-0.15, -0.1) is 0 Å². The smallest absolute Gasteiger partial charge is 0.187 e. The summed E-state index contributed by atoms with van der Waals surface area (Å²) in [5.41, 5.74) is 6.38. The molecule has 28 heavy (non-hydrogen) atoms. The Bertz CT molecular complexity index is 1560. The summed E-state index contributed by atoms with van der Waals surface area (Å²) in [4.78, 5) is 7.16. The minimum Gasteiger partial charge on any atom is -0.354 e. The molecular weight excluding hydrogens is 342 g/mol. The van der Waals surface area contributed by atoms with E-state index in [1.807, 2.05) is 24.3 Å². The van der Waals surface area contributed by atoms with Crippen molar-refractivity contribution in [2.24, 2.45) is 0 Å². The molecule has 0 radical (unpaired) electrons. The van der Waals surface area contributed by atoms with E-state index >= 15 is 0 Å². The van der Waals surface area contributed by atoms with Gasteiger partial charge in [0, 0.05) is 32.7 Å². The molecule has 6 rings (SSSR count). The highest BCUT2D eigenvalue weighted by Crippen LogP contribution is 2.38. The Morgan fingerprint density at radius 3 is 2.25 bits per heavy atom. The third kappa shape index (κ3) is 1.92. The summed E-state index contributed by atoms with van der Waals surface area (Å²) in [5, 5.41) is 4.95. The molecule has 0 unspecified atom stereocenters. The van der Waals surface area contributed by atoms with Gasteiger partial charge in [0.15, 0.2) is 5.69 Å². The first-order valence-corrected chi connectivity index (χ1v) is 9.25. The van der Waals surface area contributed by atoms with Crippen LogP contribution < -0.4 is 0 Å². The topological polar surface area (TPSA) is 25.1 Å². The maximum Gasteiger partial charge on any atom is 0.187 e. The van der Waals surface area contributed by atoms with Gasteiger partial charge in [0.1, 0.15) is 0 Å². The molecule has 0 aliphatic rings. The fraction of sp³-hybridized carbons (Fsp3) is 0. The van der Waals surface area contributed by atoms with Crippen LogP contribution in [0.4, 0.5) is 5.69 Å². The van der Waals surface area contributed by atoms with Crippen LogP contribution in [0.15, 0.2) is 84.9 Å². The molecule has 0 aliphatic heterocycles. The number of aromatic amines is 1. The van der Waals surface area contributed by atoms with Crippen molar-refractivity contribution >= 4 is 49.3 Å². The Morgan fingerprint density at radius 2 is 1.43 bits per heavy atom. The maximum atomic E-state index is 7.21. The largest absolute Gasteiger partial charge is 0.354 e. The van der Waals surface area contributed by atoms with Crippen molar-refractivity contribution < 1.29 is 0 Å². The van der Waals surface area contributed by atoms with Gasteiger partial charge in [-0.3, -0.25) is 0 Å². The first kappa shape index (κ1) is 15.1. The van der Waals surface area contributed by atoms with E-state index in [4.69, 9.17) is 6.57 Å². The second kappa shape index (κ2) is 5.48. The summed E-state index contributed by atoms with van der Waals surface area (Å²) in [6, 6.07) is 29.2. The molecule has 0 spiro atoms. The van der Waals surface area contributed by atoms with Crippen LogP contribution in [0, 0.1) is 6.57 Å². The lowest BCUT2D eigenvalue weighted by Gasteiger charge is -2.08. The molecule has 2 heterocycles. The Hall–Kier alpha value is -4.03. The van der Waals surface area contributed by atoms with Crippen LogP contribution in [0.3, 0.4) is 0 Å². The first-order chi connectivity index (χ1) is 13.8. The Kier molecular flexibility index (Phi) is 2.95. The molecule has 3 heteroatoms. The summed E-state index contributed by atoms with van der Waals surface area (Å²) in [7, 11) is 0. The summed E-state index contributed by atoms with van der Waals surface area (Å²) in [6.07, 6.45) is 0. The van der Waals surface area contributed by atoms with Gasteiger partial charge in [0.2, 0.25) is 0 Å². The number of nitrogens with one attached hydrogen (secondary N) is 1. The number of rotatable bonds is 1. The minimum atomic E-state index is 0.655. The van der Waals surface area contributed by atoms with E-state index in [-0.39, 0.29) is 0 Å². The average molecular weight is 357 g/mol. The molecule has 3 nitrogen and oxygen atoms in total. The summed E-state index contributed by atoms with van der Waals surface area (Å²) >= 11 is 0. The second-order valence-corrected chi connectivity index (χ2v) is 7.03. The molecule has 0 atom stereocenters. The van der Waals surface area contributed by atoms with E-state index in [2.05, 4.69) is 75.1 Å². The summed E-state index contributed by atoms with van der Waals surface area (Å²) < 4.78 is 2.28. The van der Waals surface area contributed by atoms with Crippen molar-refractivity contribution in [3.63, 3.8) is 0 Å². The van der Waals surface area contributed by atoms with Crippen molar-refractivity contribution in [2.45, 2.75) is 0 Å². The molecule has 0 amide bonds. The number of aromatic nitrogens is 2. The molecule has 0 bridgehead atoms. The van der Waals surface area contributed by atoms with Crippen LogP contribution in [0.25, 0.3) is 54.1 Å². The molecular formula is C25H15N3. The molecule has 0 aliphatic carbocycles. The lowest BCUT2D eigenvalue weighted by molar-refractivity contribution is 1.18. The van der Waals surface area contributed by atoms with Gasteiger partial charge < -0.3 is 9.55 Å². The van der Waals surface area contributed by atoms with Gasteiger partial charge in [0.25, 0.3) is 0 Å². The lowest BCUT2D eigenvalue weighted by Crippen LogP contribution is -1.92. The third-order valence-corrected chi connectivity index (χ3v) is 5.55. The molecule has 0 saturated carbocycles. The summed E-state index contributed by atoms with van der Waals surface area (Å²) in [6.45, 7) is 7.21. The molecule has 130 valence electrons. The Balaban J connectivity index is 1.81. The van der Waals surface area contributed by atoms with E-state index in [0.717, 1.165) is 16.7 Å². The average Bonchev–Trinajstić information content (AvgIpc) is 3.29. The first-order valence-electron chi connectivity index (χ1n) is 9.25. The van der Waals surface area contributed by atoms with Crippen LogP contribution in [0.2, 0.25) is 0 Å². The molecule has 0 fully saturated rings. The van der Waals surface area contributed by atoms with Crippen molar-refractivity contribution in [1.82, 2.24) is 9.55 Å². The second-order valence-electron chi connectivity index (χ2n) is 7.03. The fourth-order valence-electron chi connectivity index (χ4n) is 4.33. The van der Waals surface area contributed by atoms with Crippen molar-refractivity contribution in [3.05, 3.63) is 96.3 Å². The third-order valence-electron chi connectivity index (χ3n) is 5.55. The number of hydrogen-bond donors (Lipinski definition) is 1. The van der Waals surface area contributed by atoms with E-state index in [1.54, 1.807) is 0 Å². The molecule has 2 aromatic heterocycles. The van der Waals surface area contributed by atoms with Gasteiger partial charge in [-0.1, -0.05) is 54.6 Å². The molecule has 4 aromatic carbocycles. The molecule has 1 N–H and O–H groups in total. The molecule has 0 saturated heterocycles. The van der Waals surface area contributed by atoms with Crippen molar-refractivity contribution in [2.75, 3.05) is 0 Å². The SMILES string of the molecule is [C-]#[N+]c1ccc(-n2c3ccccc3c3c4[nH]c5ccccc5c4ccc32)cc1. The monoisotopic (exact) mass is 357 g/mol. The highest BCUT2D eigenvalue weighted by Gasteiger charge is 2.16. The van der Waals surface area contributed by atoms with Gasteiger partial charge in [0.05, 0.1) is 23.1 Å². The van der Waals surface area contributed by atoms with Gasteiger partial charge >= 0.3 is 0 Å². The van der Waals surface area contributed by atoms with E-state index in [0.29, 0.717) is 5.69 Å². The normalized spacial score (nSPS) is 11.5. The van der Waals surface area contributed by atoms with Gasteiger partial charge in [-0.25, -0.2) is 4.85 Å². The Labute approximate surface area is 161 Å². The predicted molar refractivity (Wildman–Crippen MR) is 116 cm³/mol. The number of benzene rings is 4. The van der Waals surface area contributed by atoms with E-state index in [9.17, 15) is 0 Å². The standard InChI is InChI=1S/C25H15N3/c1-26-16-10-12-17(13-11-16)28-22-9-5-3-7-20(22)24-23(28)15-14-19-18-6-2-4-8-21(18)27-25(19)24/h2-15,27H. The summed E-state index contributed by atoms with van der Waals surface area (Å²) in [5.74, 6) is 0. The number of hydrogen-bond acceptors (Lipinski definition) is 0. The van der Waals surface area contributed by atoms with Gasteiger partial charge in [-0.05, 0) is 30.3 Å². The molecule has 6 aromatic rings. The zero-order valence-corrected chi connectivity index (χ0v) is 15.0. The van der Waals surface area contributed by atoms with Crippen LogP contribution in [0.1, 0.15) is 0 Å². The number of para-hydroxylation sites is 2. The highest BCUT2D eigenvalue weighted by molar-refractivity contribution is 6.25. The highest BCUT2D eigenvalue weighted by atomic mass is 15.0. The number of H-pyrrole nitrogens is 1. The fourth-order valence-corrected chi connectivity index (χ4v) is 4.33. The van der Waals surface area contributed by atoms with E-state index in [1.165, 1.54) is 32.6 Å². The predicted octanol–water partition coefficient (Wildman–Crippen LogP) is 6.97. The number of nitrogens with zero attached hydrogens (tertiary/aromatic N) is 2. The van der Waals surface area contributed by atoms with E-state index < -0.39 is 0 Å². The van der Waals surface area contributed by atoms with Crippen LogP contribution in [-0.2, 0) is 0 Å². The number of fused-ring (bicyclic) bond motifs is 7. The van der Waals surface area contributed by atoms with Crippen LogP contribution in [-0.4, -0.2) is 9.55 Å². The van der Waals surface area contributed by atoms with Crippen LogP contribution >= 0.6 is 0 Å². The zero-order chi connectivity index (χ0) is 18.7. The quantitative estimate of drug-likeness (QED) is 0.307. The lowest BCUT2D eigenvalue weighted by atomic mass is 10.1. The van der Waals surface area contributed by atoms with Crippen molar-refractivity contribution in [1.29, 1.82) is 0 Å². The minimum absolute atomic E-state index is 0.655. The van der Waals surface area contributed by atoms with Crippen LogP contribution in [0.5, 0.6) is 0 Å².